The Hall–Kier alpha value is -2.83. The zero-order valence-corrected chi connectivity index (χ0v) is 16.3. The van der Waals surface area contributed by atoms with E-state index in [-0.39, 0.29) is 18.9 Å². The number of ether oxygens (including phenoxy) is 1. The Morgan fingerprint density at radius 1 is 1.22 bits per heavy atom. The molecule has 1 saturated heterocycles. The van der Waals surface area contributed by atoms with Gasteiger partial charge in [0.1, 0.15) is 5.60 Å². The molecule has 1 fully saturated rings. The minimum Gasteiger partial charge on any atom is -0.458 e. The highest BCUT2D eigenvalue weighted by atomic mass is 16.6. The molecule has 1 N–H and O–H groups in total. The summed E-state index contributed by atoms with van der Waals surface area (Å²) in [5, 5.41) is 0.905. The van der Waals surface area contributed by atoms with Gasteiger partial charge in [-0.1, -0.05) is 18.2 Å². The maximum atomic E-state index is 13.2. The maximum Gasteiger partial charge on any atom is 0.342 e. The predicted molar refractivity (Wildman–Crippen MR) is 101 cm³/mol. The second-order valence-electron chi connectivity index (χ2n) is 8.01. The van der Waals surface area contributed by atoms with Crippen LogP contribution in [0, 0.1) is 0 Å². The van der Waals surface area contributed by atoms with Crippen LogP contribution in [0.15, 0.2) is 30.5 Å². The van der Waals surface area contributed by atoms with Crippen LogP contribution in [-0.2, 0) is 25.5 Å². The van der Waals surface area contributed by atoms with Gasteiger partial charge in [0.25, 0.3) is 5.91 Å². The molecule has 1 unspecified atom stereocenters. The van der Waals surface area contributed by atoms with E-state index in [1.54, 1.807) is 27.0 Å². The number of likely N-dealkylation sites (N-methyl/N-ethyl adjacent to an activating group) is 2. The summed E-state index contributed by atoms with van der Waals surface area (Å²) in [4.78, 5) is 44.7. The first-order chi connectivity index (χ1) is 12.6. The highest BCUT2D eigenvalue weighted by Crippen LogP contribution is 2.32. The summed E-state index contributed by atoms with van der Waals surface area (Å²) in [5.74, 6) is -1.46. The van der Waals surface area contributed by atoms with Crippen molar-refractivity contribution in [2.45, 2.75) is 38.3 Å². The van der Waals surface area contributed by atoms with E-state index < -0.39 is 23.0 Å². The summed E-state index contributed by atoms with van der Waals surface area (Å²) in [7, 11) is 3.02. The normalized spacial score (nSPS) is 21.1. The van der Waals surface area contributed by atoms with Crippen molar-refractivity contribution in [1.82, 2.24) is 14.8 Å². The van der Waals surface area contributed by atoms with Gasteiger partial charge in [-0.3, -0.25) is 9.59 Å². The molecule has 1 aromatic heterocycles. The zero-order valence-electron chi connectivity index (χ0n) is 16.3. The number of piperazine rings is 1. The standard InChI is InChI=1S/C20H25N3O4/c1-19(2,3)27-18(26)20(17(25)22(4)12-16(24)23(20)5)10-13-11-21-15-9-7-6-8-14(13)15/h6-9,11,21H,10,12H2,1-5H3. The number of rotatable bonds is 3. The molecule has 144 valence electrons. The molecule has 0 spiro atoms. The number of amides is 2. The lowest BCUT2D eigenvalue weighted by Crippen LogP contribution is -2.71. The SMILES string of the molecule is CN1CC(=O)N(C)C(Cc2c[nH]c3ccccc23)(C(=O)OC(C)(C)C)C1=O. The molecule has 0 saturated carbocycles. The number of fused-ring (bicyclic) bond motifs is 1. The van der Waals surface area contributed by atoms with Crippen LogP contribution in [-0.4, -0.2) is 64.3 Å². The number of hydrogen-bond acceptors (Lipinski definition) is 4. The molecule has 0 bridgehead atoms. The molecule has 7 nitrogen and oxygen atoms in total. The molecular formula is C20H25N3O4. The molecule has 27 heavy (non-hydrogen) atoms. The fourth-order valence-electron chi connectivity index (χ4n) is 3.46. The molecule has 1 atom stereocenters. The van der Waals surface area contributed by atoms with Gasteiger partial charge in [-0.25, -0.2) is 4.79 Å². The Kier molecular flexibility index (Phi) is 4.49. The molecule has 7 heteroatoms. The van der Waals surface area contributed by atoms with Crippen LogP contribution in [0.1, 0.15) is 26.3 Å². The van der Waals surface area contributed by atoms with Crippen molar-refractivity contribution in [1.29, 1.82) is 0 Å². The molecule has 2 amide bonds. The van der Waals surface area contributed by atoms with Crippen LogP contribution in [0.25, 0.3) is 10.9 Å². The molecule has 2 aromatic rings. The topological polar surface area (TPSA) is 82.7 Å². The number of H-pyrrole nitrogens is 1. The van der Waals surface area contributed by atoms with E-state index in [0.29, 0.717) is 0 Å². The van der Waals surface area contributed by atoms with Gasteiger partial charge < -0.3 is 19.5 Å². The van der Waals surface area contributed by atoms with Crippen molar-refractivity contribution in [2.24, 2.45) is 0 Å². The number of aromatic nitrogens is 1. The molecule has 2 heterocycles. The smallest absolute Gasteiger partial charge is 0.342 e. The van der Waals surface area contributed by atoms with Crippen LogP contribution in [0.4, 0.5) is 0 Å². The second-order valence-corrected chi connectivity index (χ2v) is 8.01. The van der Waals surface area contributed by atoms with Crippen molar-refractivity contribution in [3.05, 3.63) is 36.0 Å². The van der Waals surface area contributed by atoms with Gasteiger partial charge in [0, 0.05) is 37.6 Å². The minimum absolute atomic E-state index is 0.0390. The van der Waals surface area contributed by atoms with Crippen molar-refractivity contribution in [3.63, 3.8) is 0 Å². The van der Waals surface area contributed by atoms with Crippen molar-refractivity contribution in [2.75, 3.05) is 20.6 Å². The lowest BCUT2D eigenvalue weighted by Gasteiger charge is -2.45. The van der Waals surface area contributed by atoms with E-state index in [9.17, 15) is 14.4 Å². The molecule has 0 aliphatic carbocycles. The molecule has 1 aliphatic rings. The number of carbonyl (C=O) groups excluding carboxylic acids is 3. The van der Waals surface area contributed by atoms with Crippen LogP contribution >= 0.6 is 0 Å². The van der Waals surface area contributed by atoms with Gasteiger partial charge in [-0.05, 0) is 32.4 Å². The second kappa shape index (κ2) is 6.40. The van der Waals surface area contributed by atoms with Crippen LogP contribution in [0.5, 0.6) is 0 Å². The van der Waals surface area contributed by atoms with Gasteiger partial charge in [0.15, 0.2) is 0 Å². The van der Waals surface area contributed by atoms with E-state index in [2.05, 4.69) is 4.98 Å². The van der Waals surface area contributed by atoms with Crippen molar-refractivity contribution >= 4 is 28.7 Å². The quantitative estimate of drug-likeness (QED) is 0.658. The summed E-state index contributed by atoms with van der Waals surface area (Å²) in [5.41, 5.74) is -0.843. The van der Waals surface area contributed by atoms with E-state index in [1.807, 2.05) is 24.3 Å². The number of carbonyl (C=O) groups is 3. The summed E-state index contributed by atoms with van der Waals surface area (Å²) in [6.07, 6.45) is 1.81. The summed E-state index contributed by atoms with van der Waals surface area (Å²) in [6.45, 7) is 5.16. The Labute approximate surface area is 158 Å². The molecule has 1 aliphatic heterocycles. The van der Waals surface area contributed by atoms with E-state index in [1.165, 1.54) is 23.9 Å². The number of hydrogen-bond donors (Lipinski definition) is 1. The monoisotopic (exact) mass is 371 g/mol. The van der Waals surface area contributed by atoms with Gasteiger partial charge in [-0.15, -0.1) is 0 Å². The third-order valence-electron chi connectivity index (χ3n) is 4.88. The van der Waals surface area contributed by atoms with E-state index >= 15 is 0 Å². The zero-order chi connectivity index (χ0) is 20.0. The predicted octanol–water partition coefficient (Wildman–Crippen LogP) is 1.72. The summed E-state index contributed by atoms with van der Waals surface area (Å²) >= 11 is 0. The number of para-hydroxylation sites is 1. The lowest BCUT2D eigenvalue weighted by molar-refractivity contribution is -0.183. The van der Waals surface area contributed by atoms with E-state index in [4.69, 9.17) is 4.74 Å². The largest absolute Gasteiger partial charge is 0.458 e. The van der Waals surface area contributed by atoms with Crippen LogP contribution in [0.2, 0.25) is 0 Å². The molecule has 3 rings (SSSR count). The fourth-order valence-corrected chi connectivity index (χ4v) is 3.46. The van der Waals surface area contributed by atoms with Crippen LogP contribution < -0.4 is 0 Å². The first-order valence-electron chi connectivity index (χ1n) is 8.87. The summed E-state index contributed by atoms with van der Waals surface area (Å²) < 4.78 is 5.59. The third kappa shape index (κ3) is 3.18. The first kappa shape index (κ1) is 18.9. The fraction of sp³-hybridized carbons (Fsp3) is 0.450. The first-order valence-corrected chi connectivity index (χ1v) is 8.87. The lowest BCUT2D eigenvalue weighted by atomic mass is 9.85. The van der Waals surface area contributed by atoms with Crippen molar-refractivity contribution in [3.8, 4) is 0 Å². The Morgan fingerprint density at radius 2 is 1.89 bits per heavy atom. The van der Waals surface area contributed by atoms with Gasteiger partial charge in [0.2, 0.25) is 11.4 Å². The average molecular weight is 371 g/mol. The summed E-state index contributed by atoms with van der Waals surface area (Å²) in [6, 6.07) is 7.64. The number of benzene rings is 1. The van der Waals surface area contributed by atoms with Crippen molar-refractivity contribution < 1.29 is 19.1 Å². The third-order valence-corrected chi connectivity index (χ3v) is 4.88. The number of nitrogens with zero attached hydrogens (tertiary/aromatic N) is 2. The minimum atomic E-state index is -1.73. The molecule has 1 aromatic carbocycles. The Bertz CT molecular complexity index is 911. The van der Waals surface area contributed by atoms with E-state index in [0.717, 1.165) is 16.5 Å². The highest BCUT2D eigenvalue weighted by Gasteiger charge is 2.58. The molecular weight excluding hydrogens is 346 g/mol. The van der Waals surface area contributed by atoms with Gasteiger partial charge in [-0.2, -0.15) is 0 Å². The van der Waals surface area contributed by atoms with Crippen LogP contribution in [0.3, 0.4) is 0 Å². The number of esters is 1. The molecule has 0 radical (unpaired) electrons. The van der Waals surface area contributed by atoms with Gasteiger partial charge >= 0.3 is 5.97 Å². The maximum absolute atomic E-state index is 13.2. The number of nitrogens with one attached hydrogen (secondary N) is 1. The number of aromatic amines is 1. The Morgan fingerprint density at radius 3 is 2.56 bits per heavy atom. The highest BCUT2D eigenvalue weighted by molar-refractivity contribution is 6.13. The average Bonchev–Trinajstić information content (AvgIpc) is 2.98. The van der Waals surface area contributed by atoms with Gasteiger partial charge in [0.05, 0.1) is 6.54 Å². The Balaban J connectivity index is 2.13.